The Balaban J connectivity index is 3.19. The molecule has 2 N–H and O–H groups in total. The second-order valence-corrected chi connectivity index (χ2v) is 4.19. The maximum Gasteiger partial charge on any atom is 0.380 e. The zero-order valence-electron chi connectivity index (χ0n) is 6.50. The van der Waals surface area contributed by atoms with Crippen molar-refractivity contribution in [3.63, 3.8) is 0 Å². The van der Waals surface area contributed by atoms with Gasteiger partial charge in [0.2, 0.25) is 0 Å². The van der Waals surface area contributed by atoms with Crippen LogP contribution in [0.2, 0.25) is 0 Å². The highest BCUT2D eigenvalue weighted by Crippen LogP contribution is 2.27. The van der Waals surface area contributed by atoms with Crippen LogP contribution in [-0.2, 0) is 10.3 Å². The number of rotatable bonds is 2. The Morgan fingerprint density at radius 1 is 1.36 bits per heavy atom. The normalized spacial score (nSPS) is 11.4. The minimum Gasteiger partial charge on any atom is -0.368 e. The lowest BCUT2D eigenvalue weighted by molar-refractivity contribution is 0.456. The molecule has 0 heterocycles. The van der Waals surface area contributed by atoms with Gasteiger partial charge in [0.25, 0.3) is 0 Å². The molecule has 1 aromatic carbocycles. The van der Waals surface area contributed by atoms with Gasteiger partial charge in [-0.1, -0.05) is 0 Å². The van der Waals surface area contributed by atoms with Crippen molar-refractivity contribution in [2.45, 2.75) is 0 Å². The van der Waals surface area contributed by atoms with Gasteiger partial charge in [-0.05, 0) is 28.1 Å². The van der Waals surface area contributed by atoms with Gasteiger partial charge in [0.05, 0.1) is 4.47 Å². The molecule has 0 atom stereocenters. The van der Waals surface area contributed by atoms with Crippen LogP contribution < -0.4 is 9.32 Å². The lowest BCUT2D eigenvalue weighted by atomic mass is 10.3. The van der Waals surface area contributed by atoms with Crippen molar-refractivity contribution < 1.29 is 21.4 Å². The number of hydrogen-bond acceptors (Lipinski definition) is 3. The van der Waals surface area contributed by atoms with Crippen LogP contribution >= 0.6 is 15.9 Å². The van der Waals surface area contributed by atoms with E-state index < -0.39 is 32.2 Å². The predicted octanol–water partition coefficient (Wildman–Crippen LogP) is 1.31. The summed E-state index contributed by atoms with van der Waals surface area (Å²) in [7, 11) is -4.31. The maximum absolute atomic E-state index is 13.1. The molecule has 0 fully saturated rings. The molecule has 0 radical (unpaired) electrons. The lowest BCUT2D eigenvalue weighted by Crippen LogP contribution is -2.19. The van der Waals surface area contributed by atoms with Gasteiger partial charge in [-0.25, -0.2) is 8.78 Å². The third-order valence-electron chi connectivity index (χ3n) is 1.21. The maximum atomic E-state index is 13.1. The standard InChI is InChI=1S/C6H4BrF2NO3S/c7-5-3(8)1-2-4(6(5)9)13-14(10,11)12/h1-2H,(H2,10,11,12). The van der Waals surface area contributed by atoms with Gasteiger partial charge < -0.3 is 4.18 Å². The lowest BCUT2D eigenvalue weighted by Gasteiger charge is -2.04. The van der Waals surface area contributed by atoms with Crippen molar-refractivity contribution in [1.82, 2.24) is 0 Å². The number of hydrogen-bond donors (Lipinski definition) is 1. The van der Waals surface area contributed by atoms with Crippen LogP contribution in [0.15, 0.2) is 16.6 Å². The van der Waals surface area contributed by atoms with Crippen LogP contribution in [0, 0.1) is 11.6 Å². The molecule has 4 nitrogen and oxygen atoms in total. The highest BCUT2D eigenvalue weighted by atomic mass is 79.9. The topological polar surface area (TPSA) is 69.4 Å². The van der Waals surface area contributed by atoms with Crippen LogP contribution in [0.1, 0.15) is 0 Å². The second-order valence-electron chi connectivity index (χ2n) is 2.25. The summed E-state index contributed by atoms with van der Waals surface area (Å²) in [6.45, 7) is 0. The Labute approximate surface area is 87.1 Å². The molecule has 14 heavy (non-hydrogen) atoms. The fourth-order valence-corrected chi connectivity index (χ4v) is 1.40. The Morgan fingerprint density at radius 3 is 2.43 bits per heavy atom. The Hall–Kier alpha value is -0.730. The number of benzene rings is 1. The van der Waals surface area contributed by atoms with E-state index in [9.17, 15) is 17.2 Å². The van der Waals surface area contributed by atoms with Gasteiger partial charge in [0.1, 0.15) is 5.82 Å². The summed E-state index contributed by atoms with van der Waals surface area (Å²) < 4.78 is 50.1. The fraction of sp³-hybridized carbons (Fsp3) is 0. The van der Waals surface area contributed by atoms with Gasteiger partial charge >= 0.3 is 10.3 Å². The van der Waals surface area contributed by atoms with Gasteiger partial charge in [-0.3, -0.25) is 0 Å². The molecule has 0 aliphatic heterocycles. The van der Waals surface area contributed by atoms with E-state index in [1.54, 1.807) is 0 Å². The van der Waals surface area contributed by atoms with E-state index in [0.29, 0.717) is 0 Å². The first-order valence-corrected chi connectivity index (χ1v) is 5.43. The predicted molar refractivity (Wildman–Crippen MR) is 47.8 cm³/mol. The highest BCUT2D eigenvalue weighted by molar-refractivity contribution is 9.10. The fourth-order valence-electron chi connectivity index (χ4n) is 0.698. The average molecular weight is 288 g/mol. The van der Waals surface area contributed by atoms with Gasteiger partial charge in [-0.15, -0.1) is 0 Å². The van der Waals surface area contributed by atoms with Crippen molar-refractivity contribution >= 4 is 26.2 Å². The quantitative estimate of drug-likeness (QED) is 0.834. The molecule has 0 amide bonds. The van der Waals surface area contributed by atoms with Crippen LogP contribution in [0.5, 0.6) is 5.75 Å². The van der Waals surface area contributed by atoms with E-state index in [0.717, 1.165) is 12.1 Å². The molecular formula is C6H4BrF2NO3S. The van der Waals surface area contributed by atoms with E-state index in [-0.39, 0.29) is 0 Å². The van der Waals surface area contributed by atoms with Crippen molar-refractivity contribution in [2.24, 2.45) is 5.14 Å². The second kappa shape index (κ2) is 3.79. The Bertz CT molecular complexity index is 462. The van der Waals surface area contributed by atoms with Gasteiger partial charge in [0, 0.05) is 0 Å². The minimum absolute atomic E-state index is 0.515. The van der Waals surface area contributed by atoms with Gasteiger partial charge in [-0.2, -0.15) is 13.6 Å². The van der Waals surface area contributed by atoms with Gasteiger partial charge in [0.15, 0.2) is 11.6 Å². The first-order valence-electron chi connectivity index (χ1n) is 3.17. The van der Waals surface area contributed by atoms with Crippen LogP contribution in [0.4, 0.5) is 8.78 Å². The summed E-state index contributed by atoms with van der Waals surface area (Å²) in [5, 5.41) is 4.50. The Morgan fingerprint density at radius 2 is 1.93 bits per heavy atom. The monoisotopic (exact) mass is 287 g/mol. The largest absolute Gasteiger partial charge is 0.380 e. The van der Waals surface area contributed by atoms with Crippen molar-refractivity contribution in [1.29, 1.82) is 0 Å². The van der Waals surface area contributed by atoms with E-state index in [1.165, 1.54) is 0 Å². The van der Waals surface area contributed by atoms with Crippen molar-refractivity contribution in [3.8, 4) is 5.75 Å². The summed E-state index contributed by atoms with van der Waals surface area (Å²) >= 11 is 2.57. The molecule has 0 saturated carbocycles. The Kier molecular flexibility index (Phi) is 3.07. The van der Waals surface area contributed by atoms with E-state index >= 15 is 0 Å². The average Bonchev–Trinajstić information content (AvgIpc) is 2.04. The zero-order valence-corrected chi connectivity index (χ0v) is 8.90. The third-order valence-corrected chi connectivity index (χ3v) is 2.34. The van der Waals surface area contributed by atoms with E-state index in [4.69, 9.17) is 0 Å². The molecular weight excluding hydrogens is 284 g/mol. The zero-order chi connectivity index (χ0) is 10.9. The molecule has 0 spiro atoms. The summed E-state index contributed by atoms with van der Waals surface area (Å²) in [5.41, 5.74) is 0. The first kappa shape index (κ1) is 11.3. The summed E-state index contributed by atoms with van der Waals surface area (Å²) in [4.78, 5) is 0. The third kappa shape index (κ3) is 2.63. The molecule has 0 unspecified atom stereocenters. The smallest absolute Gasteiger partial charge is 0.368 e. The molecule has 1 rings (SSSR count). The molecule has 0 saturated heterocycles. The van der Waals surface area contributed by atoms with E-state index in [1.807, 2.05) is 0 Å². The highest BCUT2D eigenvalue weighted by Gasteiger charge is 2.15. The molecule has 0 aromatic heterocycles. The molecule has 78 valence electrons. The molecule has 8 heteroatoms. The van der Waals surface area contributed by atoms with Crippen LogP contribution in [0.25, 0.3) is 0 Å². The number of halogens is 3. The van der Waals surface area contributed by atoms with Crippen LogP contribution in [-0.4, -0.2) is 8.42 Å². The van der Waals surface area contributed by atoms with Crippen molar-refractivity contribution in [3.05, 3.63) is 28.2 Å². The molecule has 0 aliphatic carbocycles. The summed E-state index contributed by atoms with van der Waals surface area (Å²) in [5.74, 6) is -2.70. The number of nitrogens with two attached hydrogens (primary N) is 1. The van der Waals surface area contributed by atoms with Crippen LogP contribution in [0.3, 0.4) is 0 Å². The molecule has 0 bridgehead atoms. The van der Waals surface area contributed by atoms with E-state index in [2.05, 4.69) is 25.3 Å². The minimum atomic E-state index is -4.31. The summed E-state index contributed by atoms with van der Waals surface area (Å²) in [6.07, 6.45) is 0. The SMILES string of the molecule is NS(=O)(=O)Oc1ccc(F)c(Br)c1F. The molecule has 0 aliphatic rings. The first-order chi connectivity index (χ1) is 6.31. The van der Waals surface area contributed by atoms with Crippen molar-refractivity contribution in [2.75, 3.05) is 0 Å². The molecule has 1 aromatic rings. The summed E-state index contributed by atoms with van der Waals surface area (Å²) in [6, 6.07) is 1.66.